The van der Waals surface area contributed by atoms with Crippen molar-refractivity contribution in [3.8, 4) is 12.3 Å². The molecule has 0 aromatic carbocycles. The van der Waals surface area contributed by atoms with Crippen molar-refractivity contribution in [2.45, 2.75) is 52.1 Å². The van der Waals surface area contributed by atoms with E-state index in [4.69, 9.17) is 11.2 Å². The number of rotatable bonds is 6. The van der Waals surface area contributed by atoms with Crippen molar-refractivity contribution < 1.29 is 9.53 Å². The van der Waals surface area contributed by atoms with Gasteiger partial charge < -0.3 is 4.74 Å². The zero-order valence-corrected chi connectivity index (χ0v) is 8.51. The van der Waals surface area contributed by atoms with E-state index in [0.29, 0.717) is 6.42 Å². The van der Waals surface area contributed by atoms with Crippen LogP contribution in [0.4, 0.5) is 0 Å². The van der Waals surface area contributed by atoms with Crippen LogP contribution in [-0.2, 0) is 9.53 Å². The summed E-state index contributed by atoms with van der Waals surface area (Å²) in [6, 6.07) is 0. The van der Waals surface area contributed by atoms with Crippen LogP contribution >= 0.6 is 0 Å². The van der Waals surface area contributed by atoms with Crippen molar-refractivity contribution in [3.05, 3.63) is 0 Å². The highest BCUT2D eigenvalue weighted by Gasteiger charge is 2.05. The number of hydrogen-bond donors (Lipinski definition) is 0. The first-order valence-corrected chi connectivity index (χ1v) is 4.86. The van der Waals surface area contributed by atoms with Gasteiger partial charge in [0.1, 0.15) is 0 Å². The van der Waals surface area contributed by atoms with E-state index in [-0.39, 0.29) is 5.97 Å². The SMILES string of the molecule is C#CC(C)OC(=O)CCCCCC. The quantitative estimate of drug-likeness (QED) is 0.358. The van der Waals surface area contributed by atoms with E-state index < -0.39 is 6.10 Å². The first kappa shape index (κ1) is 12.0. The number of unbranched alkanes of at least 4 members (excludes halogenated alkanes) is 3. The number of esters is 1. The van der Waals surface area contributed by atoms with Gasteiger partial charge in [0.15, 0.2) is 6.10 Å². The molecule has 0 aliphatic rings. The van der Waals surface area contributed by atoms with E-state index in [9.17, 15) is 4.79 Å². The molecule has 0 aromatic rings. The molecule has 2 nitrogen and oxygen atoms in total. The largest absolute Gasteiger partial charge is 0.449 e. The fraction of sp³-hybridized carbons (Fsp3) is 0.727. The Morgan fingerprint density at radius 2 is 2.15 bits per heavy atom. The van der Waals surface area contributed by atoms with Crippen molar-refractivity contribution in [2.75, 3.05) is 0 Å². The average molecular weight is 182 g/mol. The third-order valence-corrected chi connectivity index (χ3v) is 1.78. The van der Waals surface area contributed by atoms with Crippen molar-refractivity contribution in [1.29, 1.82) is 0 Å². The molecule has 0 bridgehead atoms. The fourth-order valence-electron chi connectivity index (χ4n) is 0.986. The monoisotopic (exact) mass is 182 g/mol. The van der Waals surface area contributed by atoms with Gasteiger partial charge in [0.05, 0.1) is 0 Å². The Morgan fingerprint density at radius 3 is 2.69 bits per heavy atom. The molecule has 0 aromatic heterocycles. The lowest BCUT2D eigenvalue weighted by Gasteiger charge is -2.06. The molecule has 0 saturated heterocycles. The summed E-state index contributed by atoms with van der Waals surface area (Å²) in [5.74, 6) is 2.18. The van der Waals surface area contributed by atoms with Crippen molar-refractivity contribution >= 4 is 5.97 Å². The summed E-state index contributed by atoms with van der Waals surface area (Å²) in [5.41, 5.74) is 0. The van der Waals surface area contributed by atoms with Gasteiger partial charge in [0.2, 0.25) is 0 Å². The summed E-state index contributed by atoms with van der Waals surface area (Å²) in [6.07, 6.45) is 9.53. The van der Waals surface area contributed by atoms with Gasteiger partial charge >= 0.3 is 5.97 Å². The van der Waals surface area contributed by atoms with Crippen LogP contribution < -0.4 is 0 Å². The minimum Gasteiger partial charge on any atom is -0.449 e. The summed E-state index contributed by atoms with van der Waals surface area (Å²) in [5, 5.41) is 0. The summed E-state index contributed by atoms with van der Waals surface area (Å²) in [7, 11) is 0. The van der Waals surface area contributed by atoms with Gasteiger partial charge in [-0.3, -0.25) is 4.79 Å². The highest BCUT2D eigenvalue weighted by atomic mass is 16.5. The maximum absolute atomic E-state index is 11.1. The van der Waals surface area contributed by atoms with Gasteiger partial charge in [-0.05, 0) is 13.3 Å². The Bertz CT molecular complexity index is 179. The lowest BCUT2D eigenvalue weighted by atomic mass is 10.1. The Hall–Kier alpha value is -0.970. The second-order valence-electron chi connectivity index (χ2n) is 3.11. The first-order chi connectivity index (χ1) is 6.20. The van der Waals surface area contributed by atoms with E-state index in [2.05, 4.69) is 12.8 Å². The fourth-order valence-corrected chi connectivity index (χ4v) is 0.986. The smallest absolute Gasteiger partial charge is 0.307 e. The van der Waals surface area contributed by atoms with Gasteiger partial charge in [-0.15, -0.1) is 6.42 Å². The Labute approximate surface area is 80.7 Å². The normalized spacial score (nSPS) is 11.8. The molecule has 1 atom stereocenters. The molecule has 2 heteroatoms. The van der Waals surface area contributed by atoms with Gasteiger partial charge in [0.25, 0.3) is 0 Å². The van der Waals surface area contributed by atoms with Crippen molar-refractivity contribution in [1.82, 2.24) is 0 Å². The molecular weight excluding hydrogens is 164 g/mol. The molecule has 0 aliphatic heterocycles. The van der Waals surface area contributed by atoms with Crippen LogP contribution in [0.1, 0.15) is 46.0 Å². The van der Waals surface area contributed by atoms with Gasteiger partial charge in [0, 0.05) is 6.42 Å². The van der Waals surface area contributed by atoms with E-state index in [1.807, 2.05) is 0 Å². The summed E-state index contributed by atoms with van der Waals surface area (Å²) >= 11 is 0. The molecule has 0 saturated carbocycles. The summed E-state index contributed by atoms with van der Waals surface area (Å²) in [4.78, 5) is 11.1. The predicted octanol–water partition coefficient (Wildman–Crippen LogP) is 2.52. The van der Waals surface area contributed by atoms with Crippen LogP contribution in [0, 0.1) is 12.3 Å². The van der Waals surface area contributed by atoms with Crippen LogP contribution in [0.25, 0.3) is 0 Å². The second kappa shape index (κ2) is 7.67. The van der Waals surface area contributed by atoms with E-state index in [0.717, 1.165) is 12.8 Å². The lowest BCUT2D eigenvalue weighted by Crippen LogP contribution is -2.12. The van der Waals surface area contributed by atoms with Crippen molar-refractivity contribution in [3.63, 3.8) is 0 Å². The Kier molecular flexibility index (Phi) is 7.10. The topological polar surface area (TPSA) is 26.3 Å². The standard InChI is InChI=1S/C11H18O2/c1-4-6-7-8-9-11(12)13-10(3)5-2/h2,10H,4,6-9H2,1,3H3. The zero-order valence-electron chi connectivity index (χ0n) is 8.51. The lowest BCUT2D eigenvalue weighted by molar-refractivity contribution is -0.145. The first-order valence-electron chi connectivity index (χ1n) is 4.86. The third kappa shape index (κ3) is 7.39. The molecule has 0 amide bonds. The van der Waals surface area contributed by atoms with Gasteiger partial charge in [-0.2, -0.15) is 0 Å². The van der Waals surface area contributed by atoms with E-state index >= 15 is 0 Å². The van der Waals surface area contributed by atoms with E-state index in [1.165, 1.54) is 12.8 Å². The Balaban J connectivity index is 3.36. The zero-order chi connectivity index (χ0) is 10.1. The molecular formula is C11H18O2. The van der Waals surface area contributed by atoms with Crippen molar-refractivity contribution in [2.24, 2.45) is 0 Å². The highest BCUT2D eigenvalue weighted by Crippen LogP contribution is 2.04. The number of carbonyl (C=O) groups excluding carboxylic acids is 1. The molecule has 0 heterocycles. The van der Waals surface area contributed by atoms with Crippen LogP contribution in [-0.4, -0.2) is 12.1 Å². The molecule has 1 unspecified atom stereocenters. The molecule has 74 valence electrons. The van der Waals surface area contributed by atoms with Crippen LogP contribution in [0.3, 0.4) is 0 Å². The van der Waals surface area contributed by atoms with Gasteiger partial charge in [-0.1, -0.05) is 32.1 Å². The predicted molar refractivity (Wildman–Crippen MR) is 53.1 cm³/mol. The molecule has 0 aliphatic carbocycles. The minimum atomic E-state index is -0.390. The number of carbonyl (C=O) groups is 1. The maximum atomic E-state index is 11.1. The van der Waals surface area contributed by atoms with Gasteiger partial charge in [-0.25, -0.2) is 0 Å². The summed E-state index contributed by atoms with van der Waals surface area (Å²) < 4.78 is 4.90. The highest BCUT2D eigenvalue weighted by molar-refractivity contribution is 5.69. The van der Waals surface area contributed by atoms with E-state index in [1.54, 1.807) is 6.92 Å². The molecule has 0 rings (SSSR count). The van der Waals surface area contributed by atoms with Crippen LogP contribution in [0.5, 0.6) is 0 Å². The van der Waals surface area contributed by atoms with Crippen LogP contribution in [0.2, 0.25) is 0 Å². The second-order valence-corrected chi connectivity index (χ2v) is 3.11. The molecule has 0 radical (unpaired) electrons. The average Bonchev–Trinajstić information content (AvgIpc) is 2.12. The maximum Gasteiger partial charge on any atom is 0.307 e. The summed E-state index contributed by atoms with van der Waals surface area (Å²) in [6.45, 7) is 3.84. The third-order valence-electron chi connectivity index (χ3n) is 1.78. The van der Waals surface area contributed by atoms with Crippen LogP contribution in [0.15, 0.2) is 0 Å². The number of hydrogen-bond acceptors (Lipinski definition) is 2. The number of terminal acetylenes is 1. The number of ether oxygens (including phenoxy) is 1. The minimum absolute atomic E-state index is 0.179. The Morgan fingerprint density at radius 1 is 1.46 bits per heavy atom. The molecule has 0 fully saturated rings. The molecule has 0 spiro atoms. The molecule has 13 heavy (non-hydrogen) atoms. The molecule has 0 N–H and O–H groups in total.